The van der Waals surface area contributed by atoms with Crippen molar-refractivity contribution in [1.29, 1.82) is 0 Å². The topological polar surface area (TPSA) is 94.3 Å². The smallest absolute Gasteiger partial charge is 0.306 e. The fourth-order valence-corrected chi connectivity index (χ4v) is 4.00. The number of hydrogen-bond acceptors (Lipinski definition) is 6. The van der Waals surface area contributed by atoms with Crippen LogP contribution in [0.1, 0.15) is 43.9 Å². The summed E-state index contributed by atoms with van der Waals surface area (Å²) in [6.45, 7) is 4.40. The Kier molecular flexibility index (Phi) is 6.35. The summed E-state index contributed by atoms with van der Waals surface area (Å²) >= 11 is 0. The number of carbonyl (C=O) groups is 2. The van der Waals surface area contributed by atoms with Crippen molar-refractivity contribution in [2.45, 2.75) is 39.2 Å². The van der Waals surface area contributed by atoms with Crippen molar-refractivity contribution in [3.05, 3.63) is 59.7 Å². The van der Waals surface area contributed by atoms with Crippen LogP contribution in [0.4, 0.5) is 0 Å². The zero-order chi connectivity index (χ0) is 22.7. The Morgan fingerprint density at radius 1 is 1.12 bits per heavy atom. The lowest BCUT2D eigenvalue weighted by Crippen LogP contribution is -2.23. The standard InChI is InChI=1S/C25H27N3O4/c1-15(2)12-16-4-6-19(7-5-16)25-27-23(28-32-25)18-10-8-17(9-11-18)21-13-20(24(30)26-21)14-22(29)31-3/h4-11,15,20-21H,12-14H2,1-3H3,(H,26,30)/t20-,21-/m0/s1. The molecule has 2 heterocycles. The van der Waals surface area contributed by atoms with Gasteiger partial charge < -0.3 is 14.6 Å². The van der Waals surface area contributed by atoms with E-state index in [1.807, 2.05) is 36.4 Å². The van der Waals surface area contributed by atoms with Gasteiger partial charge in [-0.05, 0) is 42.0 Å². The van der Waals surface area contributed by atoms with Crippen molar-refractivity contribution < 1.29 is 18.8 Å². The van der Waals surface area contributed by atoms with Crippen LogP contribution in [0.5, 0.6) is 0 Å². The highest BCUT2D eigenvalue weighted by Crippen LogP contribution is 2.31. The highest BCUT2D eigenvalue weighted by Gasteiger charge is 2.34. The van der Waals surface area contributed by atoms with E-state index in [9.17, 15) is 9.59 Å². The number of esters is 1. The first-order valence-corrected chi connectivity index (χ1v) is 10.8. The highest BCUT2D eigenvalue weighted by molar-refractivity contribution is 5.86. The van der Waals surface area contributed by atoms with Gasteiger partial charge in [-0.15, -0.1) is 0 Å². The van der Waals surface area contributed by atoms with Crippen LogP contribution in [0, 0.1) is 11.8 Å². The maximum absolute atomic E-state index is 12.2. The molecule has 0 aliphatic carbocycles. The van der Waals surface area contributed by atoms with E-state index in [2.05, 4.69) is 46.2 Å². The van der Waals surface area contributed by atoms with E-state index in [0.29, 0.717) is 24.1 Å². The summed E-state index contributed by atoms with van der Waals surface area (Å²) in [6.07, 6.45) is 1.69. The molecule has 0 saturated carbocycles. The molecule has 2 aromatic carbocycles. The van der Waals surface area contributed by atoms with Crippen LogP contribution in [-0.2, 0) is 20.7 Å². The molecule has 1 aromatic heterocycles. The van der Waals surface area contributed by atoms with Gasteiger partial charge in [0.05, 0.1) is 25.5 Å². The van der Waals surface area contributed by atoms with Crippen LogP contribution in [-0.4, -0.2) is 29.1 Å². The SMILES string of the molecule is COC(=O)C[C@@H]1C[C@@H](c2ccc(-c3noc(-c4ccc(CC(C)C)cc4)n3)cc2)NC1=O. The van der Waals surface area contributed by atoms with Gasteiger partial charge in [0.25, 0.3) is 5.89 Å². The maximum Gasteiger partial charge on any atom is 0.306 e. The number of nitrogens with one attached hydrogen (secondary N) is 1. The van der Waals surface area contributed by atoms with Crippen LogP contribution in [0.15, 0.2) is 53.1 Å². The lowest BCUT2D eigenvalue weighted by Gasteiger charge is -2.10. The Hall–Kier alpha value is -3.48. The average Bonchev–Trinajstić information content (AvgIpc) is 3.41. The molecule has 0 spiro atoms. The number of rotatable bonds is 7. The van der Waals surface area contributed by atoms with Crippen molar-refractivity contribution in [2.75, 3.05) is 7.11 Å². The van der Waals surface area contributed by atoms with Gasteiger partial charge in [-0.3, -0.25) is 9.59 Å². The van der Waals surface area contributed by atoms with Crippen LogP contribution in [0.25, 0.3) is 22.8 Å². The molecule has 3 aromatic rings. The lowest BCUT2D eigenvalue weighted by molar-refractivity contribution is -0.143. The van der Waals surface area contributed by atoms with Gasteiger partial charge in [0.1, 0.15) is 0 Å². The number of carbonyl (C=O) groups excluding carboxylic acids is 2. The molecule has 7 nitrogen and oxygen atoms in total. The van der Waals surface area contributed by atoms with Crippen molar-refractivity contribution in [3.8, 4) is 22.8 Å². The minimum Gasteiger partial charge on any atom is -0.469 e. The molecule has 32 heavy (non-hydrogen) atoms. The Bertz CT molecular complexity index is 1090. The van der Waals surface area contributed by atoms with Crippen LogP contribution >= 0.6 is 0 Å². The number of hydrogen-bond donors (Lipinski definition) is 1. The molecule has 1 aliphatic rings. The lowest BCUT2D eigenvalue weighted by atomic mass is 9.97. The van der Waals surface area contributed by atoms with Gasteiger partial charge >= 0.3 is 5.97 Å². The number of nitrogens with zero attached hydrogens (tertiary/aromatic N) is 2. The van der Waals surface area contributed by atoms with Gasteiger partial charge in [0.2, 0.25) is 11.7 Å². The molecule has 1 saturated heterocycles. The summed E-state index contributed by atoms with van der Waals surface area (Å²) in [7, 11) is 1.33. The van der Waals surface area contributed by atoms with Crippen molar-refractivity contribution in [3.63, 3.8) is 0 Å². The summed E-state index contributed by atoms with van der Waals surface area (Å²) in [5.41, 5.74) is 3.97. The molecule has 1 N–H and O–H groups in total. The fourth-order valence-electron chi connectivity index (χ4n) is 4.00. The quantitative estimate of drug-likeness (QED) is 0.557. The Morgan fingerprint density at radius 3 is 2.47 bits per heavy atom. The second kappa shape index (κ2) is 9.34. The molecule has 166 valence electrons. The first-order valence-electron chi connectivity index (χ1n) is 10.8. The fraction of sp³-hybridized carbons (Fsp3) is 0.360. The minimum absolute atomic E-state index is 0.0982. The van der Waals surface area contributed by atoms with E-state index in [4.69, 9.17) is 4.52 Å². The average molecular weight is 434 g/mol. The molecular weight excluding hydrogens is 406 g/mol. The Balaban J connectivity index is 1.43. The van der Waals surface area contributed by atoms with Crippen LogP contribution < -0.4 is 5.32 Å². The molecule has 1 fully saturated rings. The number of methoxy groups -OCH3 is 1. The largest absolute Gasteiger partial charge is 0.469 e. The van der Waals surface area contributed by atoms with Crippen LogP contribution in [0.2, 0.25) is 0 Å². The van der Waals surface area contributed by atoms with E-state index >= 15 is 0 Å². The second-order valence-corrected chi connectivity index (χ2v) is 8.61. The molecule has 1 amide bonds. The first kappa shape index (κ1) is 21.7. The molecule has 2 atom stereocenters. The summed E-state index contributed by atoms with van der Waals surface area (Å²) in [4.78, 5) is 28.2. The predicted octanol–water partition coefficient (Wildman–Crippen LogP) is 4.34. The van der Waals surface area contributed by atoms with Gasteiger partial charge in [-0.1, -0.05) is 55.4 Å². The normalized spacial score (nSPS) is 18.1. The van der Waals surface area contributed by atoms with Gasteiger partial charge in [0.15, 0.2) is 0 Å². The third kappa shape index (κ3) is 4.88. The molecule has 0 radical (unpaired) electrons. The summed E-state index contributed by atoms with van der Waals surface area (Å²) in [6, 6.07) is 15.8. The van der Waals surface area contributed by atoms with Gasteiger partial charge in [0, 0.05) is 11.1 Å². The van der Waals surface area contributed by atoms with Crippen molar-refractivity contribution in [1.82, 2.24) is 15.5 Å². The molecule has 0 unspecified atom stereocenters. The van der Waals surface area contributed by atoms with Crippen molar-refractivity contribution in [2.24, 2.45) is 11.8 Å². The minimum atomic E-state index is -0.372. The van der Waals surface area contributed by atoms with Crippen LogP contribution in [0.3, 0.4) is 0 Å². The highest BCUT2D eigenvalue weighted by atomic mass is 16.5. The zero-order valence-electron chi connectivity index (χ0n) is 18.5. The summed E-state index contributed by atoms with van der Waals surface area (Å²) < 4.78 is 10.1. The third-order valence-corrected chi connectivity index (χ3v) is 5.69. The van der Waals surface area contributed by atoms with E-state index in [-0.39, 0.29) is 30.3 Å². The summed E-state index contributed by atoms with van der Waals surface area (Å²) in [5, 5.41) is 7.07. The van der Waals surface area contributed by atoms with Gasteiger partial charge in [-0.25, -0.2) is 0 Å². The predicted molar refractivity (Wildman–Crippen MR) is 119 cm³/mol. The van der Waals surface area contributed by atoms with E-state index in [0.717, 1.165) is 23.1 Å². The second-order valence-electron chi connectivity index (χ2n) is 8.61. The number of amides is 1. The molecule has 0 bridgehead atoms. The Labute approximate surface area is 187 Å². The third-order valence-electron chi connectivity index (χ3n) is 5.69. The molecule has 1 aliphatic heterocycles. The van der Waals surface area contributed by atoms with Crippen molar-refractivity contribution >= 4 is 11.9 Å². The summed E-state index contributed by atoms with van der Waals surface area (Å²) in [5.74, 6) is 0.745. The first-order chi connectivity index (χ1) is 15.4. The number of benzene rings is 2. The molecule has 7 heteroatoms. The maximum atomic E-state index is 12.2. The van der Waals surface area contributed by atoms with E-state index in [1.165, 1.54) is 12.7 Å². The molecular formula is C25H27N3O4. The van der Waals surface area contributed by atoms with Gasteiger partial charge in [-0.2, -0.15) is 4.98 Å². The van der Waals surface area contributed by atoms with E-state index < -0.39 is 0 Å². The molecule has 4 rings (SSSR count). The Morgan fingerprint density at radius 2 is 1.81 bits per heavy atom. The zero-order valence-corrected chi connectivity index (χ0v) is 18.5. The number of aromatic nitrogens is 2. The number of ether oxygens (including phenoxy) is 1. The van der Waals surface area contributed by atoms with E-state index in [1.54, 1.807) is 0 Å². The monoisotopic (exact) mass is 433 g/mol.